The fourth-order valence-electron chi connectivity index (χ4n) is 9.14. The summed E-state index contributed by atoms with van der Waals surface area (Å²) in [5.74, 6) is 0. The molecule has 61 heavy (non-hydrogen) atoms. The van der Waals surface area contributed by atoms with Crippen molar-refractivity contribution in [3.05, 3.63) is 224 Å². The summed E-state index contributed by atoms with van der Waals surface area (Å²) in [7, 11) is 0. The highest BCUT2D eigenvalue weighted by Gasteiger charge is 2.16. The first-order valence-corrected chi connectivity index (χ1v) is 20.8. The first-order chi connectivity index (χ1) is 30.2. The zero-order chi connectivity index (χ0) is 40.3. The van der Waals surface area contributed by atoms with Gasteiger partial charge in [0, 0.05) is 32.9 Å². The molecule has 0 amide bonds. The second kappa shape index (κ2) is 14.3. The smallest absolute Gasteiger partial charge is 0.159 e. The molecule has 0 saturated carbocycles. The second-order valence-electron chi connectivity index (χ2n) is 15.8. The van der Waals surface area contributed by atoms with Crippen LogP contribution in [0.5, 0.6) is 0 Å². The lowest BCUT2D eigenvalue weighted by Crippen LogP contribution is -1.94. The van der Waals surface area contributed by atoms with Crippen molar-refractivity contribution in [1.82, 2.24) is 4.57 Å². The molecule has 0 aliphatic rings. The van der Waals surface area contributed by atoms with Crippen LogP contribution in [-0.2, 0) is 0 Å². The Morgan fingerprint density at radius 3 is 1.52 bits per heavy atom. The minimum Gasteiger partial charge on any atom is -0.454 e. The summed E-state index contributed by atoms with van der Waals surface area (Å²) >= 11 is 0. The molecule has 12 aromatic rings. The minimum atomic E-state index is 0.874. The lowest BCUT2D eigenvalue weighted by Gasteiger charge is -2.11. The van der Waals surface area contributed by atoms with Crippen LogP contribution in [0.3, 0.4) is 0 Å². The number of anilines is 2. The Morgan fingerprint density at radius 1 is 0.344 bits per heavy atom. The van der Waals surface area contributed by atoms with Crippen LogP contribution in [0, 0.1) is 0 Å². The maximum absolute atomic E-state index is 6.43. The molecule has 0 unspecified atom stereocenters. The molecular weight excluding hydrogens is 741 g/mol. The Morgan fingerprint density at radius 2 is 0.836 bits per heavy atom. The van der Waals surface area contributed by atoms with Crippen LogP contribution in [0.1, 0.15) is 0 Å². The summed E-state index contributed by atoms with van der Waals surface area (Å²) < 4.78 is 8.83. The largest absolute Gasteiger partial charge is 0.454 e. The summed E-state index contributed by atoms with van der Waals surface area (Å²) in [6.45, 7) is 0. The van der Waals surface area contributed by atoms with Gasteiger partial charge in [-0.1, -0.05) is 176 Å². The Balaban J connectivity index is 0.798. The maximum Gasteiger partial charge on any atom is 0.159 e. The quantitative estimate of drug-likeness (QED) is 0.175. The second-order valence-corrected chi connectivity index (χ2v) is 15.8. The first kappa shape index (κ1) is 34.9. The summed E-state index contributed by atoms with van der Waals surface area (Å²) in [5, 5.41) is 10.8. The molecule has 0 atom stereocenters. The molecule has 0 fully saturated rings. The van der Waals surface area contributed by atoms with Gasteiger partial charge >= 0.3 is 0 Å². The Hall–Kier alpha value is -8.14. The van der Waals surface area contributed by atoms with Crippen molar-refractivity contribution in [2.75, 3.05) is 5.32 Å². The Bertz CT molecular complexity index is 3560. The molecule has 0 spiro atoms. The van der Waals surface area contributed by atoms with Crippen molar-refractivity contribution in [2.45, 2.75) is 0 Å². The monoisotopic (exact) mass is 778 g/mol. The van der Waals surface area contributed by atoms with Crippen LogP contribution in [0.25, 0.3) is 105 Å². The maximum atomic E-state index is 6.43. The van der Waals surface area contributed by atoms with E-state index in [9.17, 15) is 0 Å². The van der Waals surface area contributed by atoms with Crippen LogP contribution in [-0.4, -0.2) is 4.57 Å². The number of rotatable bonds is 7. The van der Waals surface area contributed by atoms with Gasteiger partial charge in [0.15, 0.2) is 5.58 Å². The lowest BCUT2D eigenvalue weighted by atomic mass is 9.97. The summed E-state index contributed by atoms with van der Waals surface area (Å²) in [4.78, 5) is 0. The van der Waals surface area contributed by atoms with Gasteiger partial charge in [-0.15, -0.1) is 0 Å². The average molecular weight is 779 g/mol. The van der Waals surface area contributed by atoms with Gasteiger partial charge in [-0.05, 0) is 104 Å². The molecule has 2 heterocycles. The number of aromatic nitrogens is 1. The molecule has 0 bridgehead atoms. The van der Waals surface area contributed by atoms with Crippen molar-refractivity contribution in [3.8, 4) is 50.2 Å². The van der Waals surface area contributed by atoms with Crippen LogP contribution >= 0.6 is 0 Å². The van der Waals surface area contributed by atoms with Gasteiger partial charge in [0.25, 0.3) is 0 Å². The van der Waals surface area contributed by atoms with E-state index in [1.807, 2.05) is 12.1 Å². The number of nitrogens with one attached hydrogen (secondary N) is 1. The van der Waals surface area contributed by atoms with Gasteiger partial charge in [-0.25, -0.2) is 0 Å². The standard InChI is InChI=1S/C58H38N2O/c1-2-10-38(11-3-1)43-28-33-48(34-29-43)60-54-16-8-6-14-50(54)51-35-30-45(37-55(51)60)44-24-22-40(23-25-44)39-18-20-41(21-19-39)42-26-31-47(32-27-42)59-53-36-46-12-4-5-13-49(46)57-52-15-7-9-17-56(52)61-58(53)57/h1-37,59H. The van der Waals surface area contributed by atoms with Crippen molar-refractivity contribution in [3.63, 3.8) is 0 Å². The fraction of sp³-hybridized carbons (Fsp3) is 0. The number of hydrogen-bond donors (Lipinski definition) is 1. The van der Waals surface area contributed by atoms with Crippen LogP contribution in [0.15, 0.2) is 229 Å². The molecule has 286 valence electrons. The van der Waals surface area contributed by atoms with E-state index in [2.05, 4.69) is 222 Å². The molecule has 2 aromatic heterocycles. The van der Waals surface area contributed by atoms with Gasteiger partial charge in [0.1, 0.15) is 5.58 Å². The topological polar surface area (TPSA) is 30.1 Å². The predicted molar refractivity (Wildman–Crippen MR) is 257 cm³/mol. The molecule has 0 saturated heterocycles. The van der Waals surface area contributed by atoms with Crippen molar-refractivity contribution < 1.29 is 4.42 Å². The number of nitrogens with zero attached hydrogens (tertiary/aromatic N) is 1. The van der Waals surface area contributed by atoms with Gasteiger partial charge in [0.05, 0.1) is 16.7 Å². The van der Waals surface area contributed by atoms with E-state index in [0.717, 1.165) is 39.0 Å². The highest BCUT2D eigenvalue weighted by atomic mass is 16.3. The molecular formula is C58H38N2O. The number of benzene rings is 10. The van der Waals surface area contributed by atoms with Crippen molar-refractivity contribution in [2.24, 2.45) is 0 Å². The summed E-state index contributed by atoms with van der Waals surface area (Å²) in [5.41, 5.74) is 16.8. The minimum absolute atomic E-state index is 0.874. The van der Waals surface area contributed by atoms with Crippen LogP contribution < -0.4 is 5.32 Å². The lowest BCUT2D eigenvalue weighted by molar-refractivity contribution is 0.670. The first-order valence-electron chi connectivity index (χ1n) is 20.8. The molecule has 3 nitrogen and oxygen atoms in total. The van der Waals surface area contributed by atoms with E-state index < -0.39 is 0 Å². The normalized spacial score (nSPS) is 11.6. The number of para-hydroxylation sites is 2. The van der Waals surface area contributed by atoms with E-state index in [0.29, 0.717) is 0 Å². The van der Waals surface area contributed by atoms with Gasteiger partial charge in [0.2, 0.25) is 0 Å². The molecule has 1 N–H and O–H groups in total. The van der Waals surface area contributed by atoms with E-state index in [1.54, 1.807) is 0 Å². The van der Waals surface area contributed by atoms with E-state index >= 15 is 0 Å². The SMILES string of the molecule is c1ccc(-c2ccc(-n3c4ccccc4c4ccc(-c5ccc(-c6ccc(-c7ccc(Nc8cc9ccccc9c9c8oc8ccccc89)cc7)cc6)cc5)cc43)cc2)cc1. The summed E-state index contributed by atoms with van der Waals surface area (Å²) in [6.07, 6.45) is 0. The molecule has 3 heteroatoms. The fourth-order valence-corrected chi connectivity index (χ4v) is 9.14. The summed E-state index contributed by atoms with van der Waals surface area (Å²) in [6, 6.07) is 80.5. The third kappa shape index (κ3) is 6.06. The number of furan rings is 1. The van der Waals surface area contributed by atoms with E-state index in [-0.39, 0.29) is 0 Å². The van der Waals surface area contributed by atoms with Crippen LogP contribution in [0.4, 0.5) is 11.4 Å². The molecule has 0 radical (unpaired) electrons. The Labute approximate surface area is 353 Å². The molecule has 0 aliphatic carbocycles. The third-order valence-electron chi connectivity index (χ3n) is 12.2. The highest BCUT2D eigenvalue weighted by molar-refractivity contribution is 6.22. The Kier molecular flexibility index (Phi) is 8.17. The zero-order valence-corrected chi connectivity index (χ0v) is 33.2. The van der Waals surface area contributed by atoms with Crippen molar-refractivity contribution in [1.29, 1.82) is 0 Å². The van der Waals surface area contributed by atoms with E-state index in [4.69, 9.17) is 4.42 Å². The molecule has 0 aliphatic heterocycles. The van der Waals surface area contributed by atoms with Gasteiger partial charge in [-0.3, -0.25) is 0 Å². The zero-order valence-electron chi connectivity index (χ0n) is 33.2. The van der Waals surface area contributed by atoms with Crippen molar-refractivity contribution >= 4 is 65.9 Å². The third-order valence-corrected chi connectivity index (χ3v) is 12.2. The van der Waals surface area contributed by atoms with Gasteiger partial charge < -0.3 is 14.3 Å². The average Bonchev–Trinajstić information content (AvgIpc) is 3.89. The van der Waals surface area contributed by atoms with E-state index in [1.165, 1.54) is 77.1 Å². The predicted octanol–water partition coefficient (Wildman–Crippen LogP) is 16.2. The molecule has 10 aromatic carbocycles. The number of hydrogen-bond acceptors (Lipinski definition) is 2. The van der Waals surface area contributed by atoms with Gasteiger partial charge in [-0.2, -0.15) is 0 Å². The highest BCUT2D eigenvalue weighted by Crippen LogP contribution is 2.41. The van der Waals surface area contributed by atoms with Crippen LogP contribution in [0.2, 0.25) is 0 Å². The molecule has 12 rings (SSSR count). The number of fused-ring (bicyclic) bond motifs is 8.